The zero-order valence-electron chi connectivity index (χ0n) is 13.8. The minimum Gasteiger partial charge on any atom is -0.497 e. The van der Waals surface area contributed by atoms with Crippen molar-refractivity contribution in [1.29, 1.82) is 0 Å². The molecule has 1 aromatic carbocycles. The summed E-state index contributed by atoms with van der Waals surface area (Å²) in [5, 5.41) is 0. The lowest BCUT2D eigenvalue weighted by Gasteiger charge is -2.41. The second-order valence-electron chi connectivity index (χ2n) is 6.85. The Morgan fingerprint density at radius 2 is 1.95 bits per heavy atom. The van der Waals surface area contributed by atoms with E-state index in [1.807, 2.05) is 24.3 Å². The van der Waals surface area contributed by atoms with E-state index in [0.29, 0.717) is 11.3 Å². The van der Waals surface area contributed by atoms with E-state index in [-0.39, 0.29) is 12.1 Å². The van der Waals surface area contributed by atoms with Crippen LogP contribution in [-0.4, -0.2) is 19.3 Å². The van der Waals surface area contributed by atoms with Crippen molar-refractivity contribution < 1.29 is 9.47 Å². The van der Waals surface area contributed by atoms with Crippen molar-refractivity contribution in [2.75, 3.05) is 7.11 Å². The van der Waals surface area contributed by atoms with Crippen LogP contribution in [0.3, 0.4) is 0 Å². The predicted molar refractivity (Wildman–Crippen MR) is 86.8 cm³/mol. The highest BCUT2D eigenvalue weighted by molar-refractivity contribution is 5.33. The zero-order chi connectivity index (χ0) is 15.5. The molecule has 3 unspecified atom stereocenters. The van der Waals surface area contributed by atoms with Crippen molar-refractivity contribution in [2.24, 2.45) is 17.1 Å². The first-order valence-electron chi connectivity index (χ1n) is 8.02. The summed E-state index contributed by atoms with van der Waals surface area (Å²) in [6.07, 6.45) is 4.59. The fraction of sp³-hybridized carbons (Fsp3) is 0.667. The van der Waals surface area contributed by atoms with Crippen molar-refractivity contribution in [3.05, 3.63) is 24.3 Å². The van der Waals surface area contributed by atoms with Gasteiger partial charge in [-0.15, -0.1) is 0 Å². The molecule has 21 heavy (non-hydrogen) atoms. The monoisotopic (exact) mass is 291 g/mol. The van der Waals surface area contributed by atoms with Gasteiger partial charge in [-0.2, -0.15) is 0 Å². The summed E-state index contributed by atoms with van der Waals surface area (Å²) in [5.74, 6) is 2.35. The highest BCUT2D eigenvalue weighted by Gasteiger charge is 2.37. The van der Waals surface area contributed by atoms with E-state index in [4.69, 9.17) is 15.2 Å². The van der Waals surface area contributed by atoms with Gasteiger partial charge in [-0.3, -0.25) is 0 Å². The Kier molecular flexibility index (Phi) is 5.15. The molecular weight excluding hydrogens is 262 g/mol. The molecule has 3 atom stereocenters. The van der Waals surface area contributed by atoms with E-state index in [9.17, 15) is 0 Å². The molecular formula is C18H29NO2. The Hall–Kier alpha value is -1.22. The average Bonchev–Trinajstić information content (AvgIpc) is 2.49. The molecule has 0 spiro atoms. The normalized spacial score (nSPS) is 26.4. The van der Waals surface area contributed by atoms with Crippen LogP contribution in [0.2, 0.25) is 0 Å². The molecule has 1 fully saturated rings. The van der Waals surface area contributed by atoms with Gasteiger partial charge in [0.15, 0.2) is 0 Å². The smallest absolute Gasteiger partial charge is 0.123 e. The van der Waals surface area contributed by atoms with E-state index in [0.717, 1.165) is 24.3 Å². The van der Waals surface area contributed by atoms with E-state index >= 15 is 0 Å². The first-order chi connectivity index (χ1) is 9.96. The number of nitrogens with two attached hydrogens (primary N) is 1. The van der Waals surface area contributed by atoms with Crippen LogP contribution in [-0.2, 0) is 0 Å². The maximum Gasteiger partial charge on any atom is 0.123 e. The second-order valence-corrected chi connectivity index (χ2v) is 6.85. The van der Waals surface area contributed by atoms with Gasteiger partial charge in [0, 0.05) is 12.1 Å². The number of hydrogen-bond acceptors (Lipinski definition) is 3. The summed E-state index contributed by atoms with van der Waals surface area (Å²) in [6, 6.07) is 7.91. The molecule has 118 valence electrons. The molecule has 1 saturated carbocycles. The third-order valence-corrected chi connectivity index (χ3v) is 5.19. The predicted octanol–water partition coefficient (Wildman–Crippen LogP) is 4.01. The van der Waals surface area contributed by atoms with Gasteiger partial charge in [-0.1, -0.05) is 33.3 Å². The number of rotatable bonds is 5. The fourth-order valence-corrected chi connectivity index (χ4v) is 3.14. The number of methoxy groups -OCH3 is 1. The van der Waals surface area contributed by atoms with Gasteiger partial charge in [0.1, 0.15) is 17.6 Å². The molecule has 0 aromatic heterocycles. The van der Waals surface area contributed by atoms with E-state index in [1.54, 1.807) is 7.11 Å². The van der Waals surface area contributed by atoms with Crippen LogP contribution in [0.15, 0.2) is 24.3 Å². The van der Waals surface area contributed by atoms with Crippen LogP contribution in [0.5, 0.6) is 11.5 Å². The first kappa shape index (κ1) is 16.2. The van der Waals surface area contributed by atoms with Crippen LogP contribution >= 0.6 is 0 Å². The quantitative estimate of drug-likeness (QED) is 0.891. The topological polar surface area (TPSA) is 44.5 Å². The lowest BCUT2D eigenvalue weighted by atomic mass is 9.68. The Bertz CT molecular complexity index is 458. The molecule has 1 aliphatic carbocycles. The minimum atomic E-state index is 0.0988. The molecule has 3 heteroatoms. The third kappa shape index (κ3) is 3.91. The number of benzene rings is 1. The molecule has 0 saturated heterocycles. The molecule has 0 aliphatic heterocycles. The largest absolute Gasteiger partial charge is 0.497 e. The maximum absolute atomic E-state index is 6.29. The highest BCUT2D eigenvalue weighted by atomic mass is 16.5. The van der Waals surface area contributed by atoms with Gasteiger partial charge in [-0.05, 0) is 42.7 Å². The maximum atomic E-state index is 6.29. The number of hydrogen-bond donors (Lipinski definition) is 1. The lowest BCUT2D eigenvalue weighted by molar-refractivity contribution is 0.0501. The van der Waals surface area contributed by atoms with Gasteiger partial charge in [0.2, 0.25) is 0 Å². The summed E-state index contributed by atoms with van der Waals surface area (Å²) >= 11 is 0. The molecule has 0 heterocycles. The van der Waals surface area contributed by atoms with Crippen molar-refractivity contribution in [3.8, 4) is 11.5 Å². The Morgan fingerprint density at radius 1 is 1.24 bits per heavy atom. The Balaban J connectivity index is 2.06. The number of ether oxygens (including phenoxy) is 2. The second kappa shape index (κ2) is 6.69. The molecule has 2 N–H and O–H groups in total. The highest BCUT2D eigenvalue weighted by Crippen LogP contribution is 2.41. The fourth-order valence-electron chi connectivity index (χ4n) is 3.14. The van der Waals surface area contributed by atoms with Crippen LogP contribution in [0.1, 0.15) is 46.5 Å². The average molecular weight is 291 g/mol. The summed E-state index contributed by atoms with van der Waals surface area (Å²) in [4.78, 5) is 0. The molecule has 0 radical (unpaired) electrons. The molecule has 0 amide bonds. The van der Waals surface area contributed by atoms with Crippen molar-refractivity contribution >= 4 is 0 Å². The van der Waals surface area contributed by atoms with Gasteiger partial charge in [0.25, 0.3) is 0 Å². The molecule has 1 aliphatic rings. The summed E-state index contributed by atoms with van der Waals surface area (Å²) in [5.41, 5.74) is 6.65. The van der Waals surface area contributed by atoms with E-state index < -0.39 is 0 Å². The Morgan fingerprint density at radius 3 is 2.62 bits per heavy atom. The van der Waals surface area contributed by atoms with Gasteiger partial charge in [-0.25, -0.2) is 0 Å². The molecule has 2 rings (SSSR count). The van der Waals surface area contributed by atoms with Crippen LogP contribution in [0.4, 0.5) is 0 Å². The molecule has 0 bridgehead atoms. The Labute approximate surface area is 128 Å². The van der Waals surface area contributed by atoms with Crippen LogP contribution in [0.25, 0.3) is 0 Å². The van der Waals surface area contributed by atoms with E-state index in [1.165, 1.54) is 12.8 Å². The summed E-state index contributed by atoms with van der Waals surface area (Å²) in [6.45, 7) is 6.99. The van der Waals surface area contributed by atoms with Crippen LogP contribution < -0.4 is 15.2 Å². The van der Waals surface area contributed by atoms with Crippen molar-refractivity contribution in [1.82, 2.24) is 0 Å². The van der Waals surface area contributed by atoms with Crippen molar-refractivity contribution in [3.63, 3.8) is 0 Å². The minimum absolute atomic E-state index is 0.0988. The van der Waals surface area contributed by atoms with Crippen LogP contribution in [0, 0.1) is 11.3 Å². The molecule has 3 nitrogen and oxygen atoms in total. The summed E-state index contributed by atoms with van der Waals surface area (Å²) < 4.78 is 11.4. The summed E-state index contributed by atoms with van der Waals surface area (Å²) in [7, 11) is 1.67. The SMILES string of the molecule is CCC(C)(C)C1CCC(N)C(Oc2cccc(OC)c2)C1. The van der Waals surface area contributed by atoms with E-state index in [2.05, 4.69) is 20.8 Å². The zero-order valence-corrected chi connectivity index (χ0v) is 13.8. The van der Waals surface area contributed by atoms with Gasteiger partial charge in [0.05, 0.1) is 7.11 Å². The standard InChI is InChI=1S/C18H29NO2/c1-5-18(2,3)13-9-10-16(19)17(11-13)21-15-8-6-7-14(12-15)20-4/h6-8,12-13,16-17H,5,9-11,19H2,1-4H3. The molecule has 1 aromatic rings. The first-order valence-corrected chi connectivity index (χ1v) is 8.02. The van der Waals surface area contributed by atoms with Gasteiger partial charge >= 0.3 is 0 Å². The van der Waals surface area contributed by atoms with Crippen molar-refractivity contribution in [2.45, 2.75) is 58.6 Å². The van der Waals surface area contributed by atoms with Gasteiger partial charge < -0.3 is 15.2 Å². The lowest BCUT2D eigenvalue weighted by Crippen LogP contribution is -2.46. The third-order valence-electron chi connectivity index (χ3n) is 5.19.